The van der Waals surface area contributed by atoms with Gasteiger partial charge in [0.1, 0.15) is 0 Å². The van der Waals surface area contributed by atoms with Gasteiger partial charge in [0.15, 0.2) is 11.6 Å². The summed E-state index contributed by atoms with van der Waals surface area (Å²) < 4.78 is 14.2. The maximum absolute atomic E-state index is 14.2. The minimum absolute atomic E-state index is 0.320. The summed E-state index contributed by atoms with van der Waals surface area (Å²) in [6, 6.07) is 0.413. The number of halogens is 1. The molecule has 1 aliphatic carbocycles. The van der Waals surface area contributed by atoms with E-state index in [4.69, 9.17) is 0 Å². The Morgan fingerprint density at radius 3 is 2.70 bits per heavy atom. The second-order valence-electron chi connectivity index (χ2n) is 5.88. The minimum Gasteiger partial charge on any atom is -0.354 e. The lowest BCUT2D eigenvalue weighted by Gasteiger charge is -2.32. The van der Waals surface area contributed by atoms with E-state index < -0.39 is 0 Å². The third-order valence-corrected chi connectivity index (χ3v) is 3.66. The van der Waals surface area contributed by atoms with Crippen LogP contribution in [0.2, 0.25) is 0 Å². The van der Waals surface area contributed by atoms with Crippen LogP contribution in [-0.4, -0.2) is 29.1 Å². The molecule has 0 aliphatic heterocycles. The molecule has 0 spiro atoms. The first-order valence-electron chi connectivity index (χ1n) is 7.64. The quantitative estimate of drug-likeness (QED) is 0.866. The van der Waals surface area contributed by atoms with E-state index in [-0.39, 0.29) is 5.82 Å². The number of nitrogens with one attached hydrogen (secondary N) is 1. The van der Waals surface area contributed by atoms with Crippen LogP contribution in [0, 0.1) is 11.7 Å². The zero-order chi connectivity index (χ0) is 14.5. The predicted octanol–water partition coefficient (Wildman–Crippen LogP) is 3.45. The smallest absolute Gasteiger partial charge is 0.224 e. The maximum atomic E-state index is 14.2. The van der Waals surface area contributed by atoms with Gasteiger partial charge in [-0.15, -0.1) is 0 Å². The first kappa shape index (κ1) is 15.0. The van der Waals surface area contributed by atoms with Crippen molar-refractivity contribution < 1.29 is 4.39 Å². The van der Waals surface area contributed by atoms with E-state index >= 15 is 0 Å². The van der Waals surface area contributed by atoms with Crippen LogP contribution in [0.15, 0.2) is 6.20 Å². The van der Waals surface area contributed by atoms with E-state index in [9.17, 15) is 4.39 Å². The molecule has 112 valence electrons. The van der Waals surface area contributed by atoms with Gasteiger partial charge in [0.2, 0.25) is 5.95 Å². The lowest BCUT2D eigenvalue weighted by molar-refractivity contribution is 0.512. The summed E-state index contributed by atoms with van der Waals surface area (Å²) >= 11 is 0. The van der Waals surface area contributed by atoms with Gasteiger partial charge in [-0.25, -0.2) is 9.37 Å². The molecule has 1 aromatic rings. The van der Waals surface area contributed by atoms with E-state index in [0.717, 1.165) is 25.9 Å². The van der Waals surface area contributed by atoms with E-state index in [0.29, 0.717) is 23.7 Å². The summed E-state index contributed by atoms with van der Waals surface area (Å²) in [5, 5.41) is 3.06. The number of nitrogens with zero attached hydrogens (tertiary/aromatic N) is 3. The molecule has 0 bridgehead atoms. The largest absolute Gasteiger partial charge is 0.354 e. The third kappa shape index (κ3) is 3.58. The summed E-state index contributed by atoms with van der Waals surface area (Å²) in [6.45, 7) is 7.87. The molecular weight excluding hydrogens is 255 g/mol. The Bertz CT molecular complexity index is 430. The van der Waals surface area contributed by atoms with Crippen molar-refractivity contribution in [3.8, 4) is 0 Å². The molecule has 0 aromatic carbocycles. The van der Waals surface area contributed by atoms with Crippen molar-refractivity contribution in [2.45, 2.75) is 52.5 Å². The van der Waals surface area contributed by atoms with Gasteiger partial charge in [-0.2, -0.15) is 4.98 Å². The Kier molecular flexibility index (Phi) is 5.15. The topological polar surface area (TPSA) is 41.1 Å². The predicted molar refractivity (Wildman–Crippen MR) is 80.6 cm³/mol. The van der Waals surface area contributed by atoms with E-state index in [1.807, 2.05) is 6.92 Å². The fourth-order valence-corrected chi connectivity index (χ4v) is 2.82. The number of rotatable bonds is 6. The molecule has 1 saturated carbocycles. The highest BCUT2D eigenvalue weighted by molar-refractivity contribution is 5.45. The zero-order valence-corrected chi connectivity index (χ0v) is 12.7. The molecule has 1 aromatic heterocycles. The van der Waals surface area contributed by atoms with Gasteiger partial charge in [0.25, 0.3) is 0 Å². The molecule has 0 unspecified atom stereocenters. The molecule has 0 atom stereocenters. The number of aromatic nitrogens is 2. The molecule has 0 saturated heterocycles. The molecule has 20 heavy (non-hydrogen) atoms. The Morgan fingerprint density at radius 2 is 2.10 bits per heavy atom. The summed E-state index contributed by atoms with van der Waals surface area (Å²) in [6.07, 6.45) is 6.00. The van der Waals surface area contributed by atoms with Crippen LogP contribution >= 0.6 is 0 Å². The monoisotopic (exact) mass is 280 g/mol. The van der Waals surface area contributed by atoms with Crippen molar-refractivity contribution in [1.29, 1.82) is 0 Å². The highest BCUT2D eigenvalue weighted by Gasteiger charge is 2.26. The molecule has 2 rings (SSSR count). The average Bonchev–Trinajstić information content (AvgIpc) is 2.92. The van der Waals surface area contributed by atoms with E-state index in [2.05, 4.69) is 34.0 Å². The van der Waals surface area contributed by atoms with Crippen molar-refractivity contribution in [2.75, 3.05) is 23.3 Å². The molecule has 0 amide bonds. The van der Waals surface area contributed by atoms with Crippen molar-refractivity contribution in [3.05, 3.63) is 12.0 Å². The Morgan fingerprint density at radius 1 is 1.40 bits per heavy atom. The Hall–Kier alpha value is -1.39. The van der Waals surface area contributed by atoms with Gasteiger partial charge < -0.3 is 10.2 Å². The van der Waals surface area contributed by atoms with Gasteiger partial charge in [-0.3, -0.25) is 0 Å². The molecule has 1 aliphatic rings. The molecular formula is C15H25FN4. The summed E-state index contributed by atoms with van der Waals surface area (Å²) in [4.78, 5) is 10.5. The minimum atomic E-state index is -0.320. The number of hydrogen-bond acceptors (Lipinski definition) is 4. The lowest BCUT2D eigenvalue weighted by Crippen LogP contribution is -2.37. The molecule has 4 nitrogen and oxygen atoms in total. The zero-order valence-electron chi connectivity index (χ0n) is 12.7. The highest BCUT2D eigenvalue weighted by Crippen LogP contribution is 2.29. The normalized spacial score (nSPS) is 15.8. The second-order valence-corrected chi connectivity index (χ2v) is 5.88. The standard InChI is InChI=1S/C15H25FN4/c1-4-17-15-18-9-13(16)14(19-15)20(10-11(2)3)12-7-5-6-8-12/h9,11-12H,4-8,10H2,1-3H3,(H,17,18,19). The van der Waals surface area contributed by atoms with Crippen LogP contribution in [0.25, 0.3) is 0 Å². The Balaban J connectivity index is 2.28. The summed E-state index contributed by atoms with van der Waals surface area (Å²) in [7, 11) is 0. The maximum Gasteiger partial charge on any atom is 0.224 e. The van der Waals surface area contributed by atoms with E-state index in [1.165, 1.54) is 19.0 Å². The first-order chi connectivity index (χ1) is 9.61. The van der Waals surface area contributed by atoms with Crippen molar-refractivity contribution in [3.63, 3.8) is 0 Å². The highest BCUT2D eigenvalue weighted by atomic mass is 19.1. The van der Waals surface area contributed by atoms with Crippen molar-refractivity contribution in [1.82, 2.24) is 9.97 Å². The van der Waals surface area contributed by atoms with Crippen LogP contribution in [0.3, 0.4) is 0 Å². The SMILES string of the molecule is CCNc1ncc(F)c(N(CC(C)C)C2CCCC2)n1. The molecule has 1 N–H and O–H groups in total. The second kappa shape index (κ2) is 6.86. The molecule has 1 fully saturated rings. The van der Waals surface area contributed by atoms with Gasteiger partial charge in [-0.05, 0) is 25.7 Å². The van der Waals surface area contributed by atoms with Gasteiger partial charge in [0, 0.05) is 19.1 Å². The van der Waals surface area contributed by atoms with Crippen LogP contribution < -0.4 is 10.2 Å². The fraction of sp³-hybridized carbons (Fsp3) is 0.733. The number of hydrogen-bond donors (Lipinski definition) is 1. The number of anilines is 2. The summed E-state index contributed by atoms with van der Waals surface area (Å²) in [5.74, 6) is 1.12. The third-order valence-electron chi connectivity index (χ3n) is 3.66. The molecule has 0 radical (unpaired) electrons. The molecule has 5 heteroatoms. The van der Waals surface area contributed by atoms with Crippen LogP contribution in [0.4, 0.5) is 16.2 Å². The van der Waals surface area contributed by atoms with E-state index in [1.54, 1.807) is 0 Å². The van der Waals surface area contributed by atoms with Gasteiger partial charge >= 0.3 is 0 Å². The van der Waals surface area contributed by atoms with Crippen molar-refractivity contribution in [2.24, 2.45) is 5.92 Å². The fourth-order valence-electron chi connectivity index (χ4n) is 2.82. The van der Waals surface area contributed by atoms with Gasteiger partial charge in [-0.1, -0.05) is 26.7 Å². The summed E-state index contributed by atoms with van der Waals surface area (Å²) in [5.41, 5.74) is 0. The first-order valence-corrected chi connectivity index (χ1v) is 7.64. The molecule has 1 heterocycles. The lowest BCUT2D eigenvalue weighted by atomic mass is 10.1. The average molecular weight is 280 g/mol. The van der Waals surface area contributed by atoms with Crippen LogP contribution in [-0.2, 0) is 0 Å². The van der Waals surface area contributed by atoms with Crippen molar-refractivity contribution >= 4 is 11.8 Å². The van der Waals surface area contributed by atoms with Gasteiger partial charge in [0.05, 0.1) is 6.20 Å². The Labute approximate surface area is 120 Å². The van der Waals surface area contributed by atoms with Crippen LogP contribution in [0.5, 0.6) is 0 Å². The van der Waals surface area contributed by atoms with Crippen LogP contribution in [0.1, 0.15) is 46.5 Å².